The highest BCUT2D eigenvalue weighted by Crippen LogP contribution is 2.27. The van der Waals surface area contributed by atoms with Crippen LogP contribution in [0.15, 0.2) is 5.38 Å². The van der Waals surface area contributed by atoms with E-state index in [1.807, 2.05) is 12.3 Å². The quantitative estimate of drug-likeness (QED) is 0.850. The Kier molecular flexibility index (Phi) is 3.56. The van der Waals surface area contributed by atoms with E-state index in [1.54, 1.807) is 0 Å². The van der Waals surface area contributed by atoms with Crippen LogP contribution in [0.2, 0.25) is 0 Å². The lowest BCUT2D eigenvalue weighted by Gasteiger charge is -2.07. The third-order valence-corrected chi connectivity index (χ3v) is 3.72. The summed E-state index contributed by atoms with van der Waals surface area (Å²) in [5.41, 5.74) is 6.55. The minimum absolute atomic E-state index is 0.0756. The van der Waals surface area contributed by atoms with Gasteiger partial charge in [-0.25, -0.2) is 4.98 Å². The standard InChI is InChI=1S/C11H17N3OS/c1-7(12)9-6-16-11(13-9)14-10(15)8-4-2-3-5-8/h6-8H,2-5,12H2,1H3,(H,13,14,15). The zero-order valence-corrected chi connectivity index (χ0v) is 10.2. The Bertz CT molecular complexity index is 369. The van der Waals surface area contributed by atoms with E-state index in [4.69, 9.17) is 5.73 Å². The number of anilines is 1. The molecule has 1 saturated carbocycles. The second kappa shape index (κ2) is 4.93. The van der Waals surface area contributed by atoms with Gasteiger partial charge in [0, 0.05) is 17.3 Å². The molecule has 1 unspecified atom stereocenters. The van der Waals surface area contributed by atoms with Crippen LogP contribution in [0.25, 0.3) is 0 Å². The second-order valence-corrected chi connectivity index (χ2v) is 5.19. The number of nitrogens with two attached hydrogens (primary N) is 1. The zero-order chi connectivity index (χ0) is 11.5. The first-order chi connectivity index (χ1) is 7.66. The van der Waals surface area contributed by atoms with Crippen molar-refractivity contribution in [1.82, 2.24) is 4.98 Å². The summed E-state index contributed by atoms with van der Waals surface area (Å²) in [6.45, 7) is 1.89. The number of nitrogens with zero attached hydrogens (tertiary/aromatic N) is 1. The highest BCUT2D eigenvalue weighted by Gasteiger charge is 2.23. The smallest absolute Gasteiger partial charge is 0.229 e. The summed E-state index contributed by atoms with van der Waals surface area (Å²) < 4.78 is 0. The molecule has 1 aromatic heterocycles. The van der Waals surface area contributed by atoms with Crippen LogP contribution in [-0.4, -0.2) is 10.9 Å². The second-order valence-electron chi connectivity index (χ2n) is 4.34. The van der Waals surface area contributed by atoms with Crippen molar-refractivity contribution >= 4 is 22.4 Å². The minimum Gasteiger partial charge on any atom is -0.323 e. The third-order valence-electron chi connectivity index (χ3n) is 2.94. The number of thiazole rings is 1. The van der Waals surface area contributed by atoms with Crippen LogP contribution in [0.3, 0.4) is 0 Å². The molecule has 5 heteroatoms. The summed E-state index contributed by atoms with van der Waals surface area (Å²) in [6, 6.07) is -0.0756. The molecule has 1 heterocycles. The molecule has 0 aliphatic heterocycles. The summed E-state index contributed by atoms with van der Waals surface area (Å²) in [7, 11) is 0. The highest BCUT2D eigenvalue weighted by atomic mass is 32.1. The number of aromatic nitrogens is 1. The fourth-order valence-corrected chi connectivity index (χ4v) is 2.77. The number of carbonyl (C=O) groups is 1. The Hall–Kier alpha value is -0.940. The molecule has 1 aliphatic rings. The normalized spacial score (nSPS) is 18.6. The molecule has 0 bridgehead atoms. The monoisotopic (exact) mass is 239 g/mol. The number of hydrogen-bond donors (Lipinski definition) is 2. The van der Waals surface area contributed by atoms with E-state index in [2.05, 4.69) is 10.3 Å². The first-order valence-electron chi connectivity index (χ1n) is 5.68. The number of rotatable bonds is 3. The Morgan fingerprint density at radius 2 is 2.31 bits per heavy atom. The molecule has 0 saturated heterocycles. The lowest BCUT2D eigenvalue weighted by molar-refractivity contribution is -0.119. The third kappa shape index (κ3) is 2.59. The number of hydrogen-bond acceptors (Lipinski definition) is 4. The van der Waals surface area contributed by atoms with Gasteiger partial charge < -0.3 is 11.1 Å². The fourth-order valence-electron chi connectivity index (χ4n) is 1.95. The average molecular weight is 239 g/mol. The molecule has 1 aromatic rings. The molecule has 2 rings (SSSR count). The first kappa shape index (κ1) is 11.5. The lowest BCUT2D eigenvalue weighted by Crippen LogP contribution is -2.20. The molecule has 1 aliphatic carbocycles. The summed E-state index contributed by atoms with van der Waals surface area (Å²) in [4.78, 5) is 16.1. The molecule has 1 fully saturated rings. The van der Waals surface area contributed by atoms with E-state index in [1.165, 1.54) is 24.2 Å². The summed E-state index contributed by atoms with van der Waals surface area (Å²) >= 11 is 1.44. The molecule has 3 N–H and O–H groups in total. The van der Waals surface area contributed by atoms with Crippen LogP contribution in [-0.2, 0) is 4.79 Å². The van der Waals surface area contributed by atoms with Crippen molar-refractivity contribution < 1.29 is 4.79 Å². The zero-order valence-electron chi connectivity index (χ0n) is 9.40. The number of carbonyl (C=O) groups excluding carboxylic acids is 1. The Labute approximate surface area is 99.3 Å². The van der Waals surface area contributed by atoms with E-state index in [0.717, 1.165) is 18.5 Å². The van der Waals surface area contributed by atoms with E-state index < -0.39 is 0 Å². The molecule has 88 valence electrons. The molecule has 0 radical (unpaired) electrons. The van der Waals surface area contributed by atoms with Crippen LogP contribution in [0.4, 0.5) is 5.13 Å². The molecular weight excluding hydrogens is 222 g/mol. The summed E-state index contributed by atoms with van der Waals surface area (Å²) in [5, 5.41) is 5.44. The highest BCUT2D eigenvalue weighted by molar-refractivity contribution is 7.13. The van der Waals surface area contributed by atoms with Gasteiger partial charge >= 0.3 is 0 Å². The maximum Gasteiger partial charge on any atom is 0.229 e. The fraction of sp³-hybridized carbons (Fsp3) is 0.636. The van der Waals surface area contributed by atoms with Gasteiger partial charge in [0.05, 0.1) is 5.69 Å². The average Bonchev–Trinajstić information content (AvgIpc) is 2.87. The summed E-state index contributed by atoms with van der Waals surface area (Å²) in [6.07, 6.45) is 4.36. The van der Waals surface area contributed by atoms with Gasteiger partial charge in [0.15, 0.2) is 5.13 Å². The van der Waals surface area contributed by atoms with Gasteiger partial charge in [-0.1, -0.05) is 12.8 Å². The van der Waals surface area contributed by atoms with Crippen molar-refractivity contribution in [2.24, 2.45) is 11.7 Å². The molecule has 1 atom stereocenters. The van der Waals surface area contributed by atoms with Crippen molar-refractivity contribution in [1.29, 1.82) is 0 Å². The number of amides is 1. The van der Waals surface area contributed by atoms with E-state index in [9.17, 15) is 4.79 Å². The SMILES string of the molecule is CC(N)c1csc(NC(=O)C2CCCC2)n1. The van der Waals surface area contributed by atoms with Crippen molar-refractivity contribution in [2.75, 3.05) is 5.32 Å². The van der Waals surface area contributed by atoms with Crippen LogP contribution in [0, 0.1) is 5.92 Å². The van der Waals surface area contributed by atoms with Crippen LogP contribution >= 0.6 is 11.3 Å². The van der Waals surface area contributed by atoms with Gasteiger partial charge in [0.25, 0.3) is 0 Å². The Morgan fingerprint density at radius 1 is 1.62 bits per heavy atom. The molecule has 0 aromatic carbocycles. The molecule has 16 heavy (non-hydrogen) atoms. The van der Waals surface area contributed by atoms with E-state index >= 15 is 0 Å². The minimum atomic E-state index is -0.0756. The first-order valence-corrected chi connectivity index (χ1v) is 6.56. The largest absolute Gasteiger partial charge is 0.323 e. The van der Waals surface area contributed by atoms with Crippen molar-refractivity contribution in [3.8, 4) is 0 Å². The predicted molar refractivity (Wildman–Crippen MR) is 65.3 cm³/mol. The maximum atomic E-state index is 11.8. The van der Waals surface area contributed by atoms with Gasteiger partial charge in [0.1, 0.15) is 0 Å². The van der Waals surface area contributed by atoms with Crippen molar-refractivity contribution in [3.05, 3.63) is 11.1 Å². The van der Waals surface area contributed by atoms with Gasteiger partial charge in [0.2, 0.25) is 5.91 Å². The summed E-state index contributed by atoms with van der Waals surface area (Å²) in [5.74, 6) is 0.297. The predicted octanol–water partition coefficient (Wildman–Crippen LogP) is 2.29. The number of nitrogens with one attached hydrogen (secondary N) is 1. The molecular formula is C11H17N3OS. The molecule has 4 nitrogen and oxygen atoms in total. The van der Waals surface area contributed by atoms with Gasteiger partial charge in [-0.15, -0.1) is 11.3 Å². The van der Waals surface area contributed by atoms with Crippen molar-refractivity contribution in [3.63, 3.8) is 0 Å². The van der Waals surface area contributed by atoms with Crippen LogP contribution in [0.5, 0.6) is 0 Å². The maximum absolute atomic E-state index is 11.8. The van der Waals surface area contributed by atoms with Crippen LogP contribution < -0.4 is 11.1 Å². The van der Waals surface area contributed by atoms with E-state index in [-0.39, 0.29) is 17.9 Å². The van der Waals surface area contributed by atoms with Gasteiger partial charge in [-0.05, 0) is 19.8 Å². The van der Waals surface area contributed by atoms with E-state index in [0.29, 0.717) is 5.13 Å². The Morgan fingerprint density at radius 3 is 2.88 bits per heavy atom. The van der Waals surface area contributed by atoms with Crippen LogP contribution in [0.1, 0.15) is 44.3 Å². The molecule has 0 spiro atoms. The Balaban J connectivity index is 1.95. The van der Waals surface area contributed by atoms with Gasteiger partial charge in [-0.2, -0.15) is 0 Å². The topological polar surface area (TPSA) is 68.0 Å². The lowest BCUT2D eigenvalue weighted by atomic mass is 10.1. The van der Waals surface area contributed by atoms with Gasteiger partial charge in [-0.3, -0.25) is 4.79 Å². The van der Waals surface area contributed by atoms with Crippen molar-refractivity contribution in [2.45, 2.75) is 38.6 Å². The molecule has 1 amide bonds.